The van der Waals surface area contributed by atoms with E-state index in [0.717, 1.165) is 19.5 Å². The second-order valence-electron chi connectivity index (χ2n) is 5.05. The molecule has 1 aromatic carbocycles. The van der Waals surface area contributed by atoms with Gasteiger partial charge in [0, 0.05) is 29.7 Å². The Morgan fingerprint density at radius 3 is 2.95 bits per heavy atom. The number of halogens is 1. The van der Waals surface area contributed by atoms with Crippen LogP contribution in [0.15, 0.2) is 18.2 Å². The van der Waals surface area contributed by atoms with Gasteiger partial charge in [0.15, 0.2) is 0 Å². The van der Waals surface area contributed by atoms with Crippen molar-refractivity contribution in [1.29, 1.82) is 0 Å². The highest BCUT2D eigenvalue weighted by atomic mass is 35.5. The average molecular weight is 285 g/mol. The minimum Gasteiger partial charge on any atom is -0.393 e. The van der Waals surface area contributed by atoms with Gasteiger partial charge < -0.3 is 5.11 Å². The molecule has 104 valence electrons. The molecule has 5 nitrogen and oxygen atoms in total. The van der Waals surface area contributed by atoms with Crippen LogP contribution in [-0.2, 0) is 6.54 Å². The van der Waals surface area contributed by atoms with Crippen molar-refractivity contribution in [3.05, 3.63) is 38.9 Å². The van der Waals surface area contributed by atoms with Crippen molar-refractivity contribution in [2.24, 2.45) is 5.92 Å². The van der Waals surface area contributed by atoms with Crippen molar-refractivity contribution in [3.8, 4) is 0 Å². The van der Waals surface area contributed by atoms with Gasteiger partial charge in [0.2, 0.25) is 0 Å². The maximum atomic E-state index is 11.0. The van der Waals surface area contributed by atoms with Gasteiger partial charge in [0.1, 0.15) is 0 Å². The van der Waals surface area contributed by atoms with Crippen LogP contribution in [-0.4, -0.2) is 34.1 Å². The van der Waals surface area contributed by atoms with Crippen LogP contribution >= 0.6 is 11.6 Å². The summed E-state index contributed by atoms with van der Waals surface area (Å²) in [5, 5.41) is 20.9. The summed E-state index contributed by atoms with van der Waals surface area (Å²) in [6, 6.07) is 4.77. The Hall–Kier alpha value is -1.17. The SMILES string of the molecule is CC(O)C1CCN(Cc2ccc(Cl)cc2[N+](=O)[O-])C1. The summed E-state index contributed by atoms with van der Waals surface area (Å²) in [5.41, 5.74) is 0.730. The van der Waals surface area contributed by atoms with E-state index in [-0.39, 0.29) is 17.7 Å². The number of aliphatic hydroxyl groups excluding tert-OH is 1. The van der Waals surface area contributed by atoms with Crippen LogP contribution in [0.2, 0.25) is 5.02 Å². The van der Waals surface area contributed by atoms with Crippen LogP contribution in [0.5, 0.6) is 0 Å². The monoisotopic (exact) mass is 284 g/mol. The molecule has 2 atom stereocenters. The molecule has 6 heteroatoms. The third-order valence-electron chi connectivity index (χ3n) is 3.63. The molecular formula is C13H17ClN2O3. The lowest BCUT2D eigenvalue weighted by molar-refractivity contribution is -0.385. The molecule has 0 radical (unpaired) electrons. The highest BCUT2D eigenvalue weighted by Crippen LogP contribution is 2.27. The Kier molecular flexibility index (Phi) is 4.39. The van der Waals surface area contributed by atoms with Crippen LogP contribution < -0.4 is 0 Å². The summed E-state index contributed by atoms with van der Waals surface area (Å²) in [5.74, 6) is 0.256. The van der Waals surface area contributed by atoms with E-state index in [1.807, 2.05) is 0 Å². The van der Waals surface area contributed by atoms with Gasteiger partial charge in [0.05, 0.1) is 11.0 Å². The third kappa shape index (κ3) is 3.43. The number of nitro groups is 1. The van der Waals surface area contributed by atoms with E-state index >= 15 is 0 Å². The topological polar surface area (TPSA) is 66.6 Å². The van der Waals surface area contributed by atoms with Crippen LogP contribution in [0.4, 0.5) is 5.69 Å². The molecule has 1 saturated heterocycles. The first kappa shape index (κ1) is 14.2. The van der Waals surface area contributed by atoms with Crippen LogP contribution in [0.1, 0.15) is 18.9 Å². The number of nitro benzene ring substituents is 1. The fourth-order valence-electron chi connectivity index (χ4n) is 2.48. The highest BCUT2D eigenvalue weighted by Gasteiger charge is 2.27. The Bertz CT molecular complexity index is 479. The Morgan fingerprint density at radius 1 is 1.63 bits per heavy atom. The Labute approximate surface area is 116 Å². The largest absolute Gasteiger partial charge is 0.393 e. The van der Waals surface area contributed by atoms with Crippen LogP contribution in [0.25, 0.3) is 0 Å². The van der Waals surface area contributed by atoms with Crippen molar-refractivity contribution in [2.75, 3.05) is 13.1 Å². The zero-order valence-electron chi connectivity index (χ0n) is 10.8. The molecule has 2 unspecified atom stereocenters. The predicted octanol–water partition coefficient (Wildman–Crippen LogP) is 2.45. The van der Waals surface area contributed by atoms with E-state index < -0.39 is 4.92 Å². The Balaban J connectivity index is 2.10. The number of benzene rings is 1. The van der Waals surface area contributed by atoms with Crippen molar-refractivity contribution in [3.63, 3.8) is 0 Å². The standard InChI is InChI=1S/C13H17ClN2O3/c1-9(17)10-4-5-15(7-10)8-11-2-3-12(14)6-13(11)16(18)19/h2-3,6,9-10,17H,4-5,7-8H2,1H3. The summed E-state index contributed by atoms with van der Waals surface area (Å²) in [6.07, 6.45) is 0.601. The van der Waals surface area contributed by atoms with E-state index in [0.29, 0.717) is 17.1 Å². The van der Waals surface area contributed by atoms with Crippen LogP contribution in [0, 0.1) is 16.0 Å². The molecule has 19 heavy (non-hydrogen) atoms. The lowest BCUT2D eigenvalue weighted by Crippen LogP contribution is -2.24. The fourth-order valence-corrected chi connectivity index (χ4v) is 2.65. The smallest absolute Gasteiger partial charge is 0.275 e. The number of nitrogens with zero attached hydrogens (tertiary/aromatic N) is 2. The van der Waals surface area contributed by atoms with E-state index in [1.165, 1.54) is 6.07 Å². The molecule has 1 aliphatic heterocycles. The molecule has 0 aromatic heterocycles. The highest BCUT2D eigenvalue weighted by molar-refractivity contribution is 6.30. The predicted molar refractivity (Wildman–Crippen MR) is 73.2 cm³/mol. The van der Waals surface area contributed by atoms with Gasteiger partial charge in [0.25, 0.3) is 5.69 Å². The van der Waals surface area contributed by atoms with E-state index in [4.69, 9.17) is 11.6 Å². The number of likely N-dealkylation sites (tertiary alicyclic amines) is 1. The molecule has 0 saturated carbocycles. The first-order chi connectivity index (χ1) is 8.97. The molecule has 0 bridgehead atoms. The van der Waals surface area contributed by atoms with Crippen molar-refractivity contribution < 1.29 is 10.0 Å². The summed E-state index contributed by atoms with van der Waals surface area (Å²) in [6.45, 7) is 3.95. The molecular weight excluding hydrogens is 268 g/mol. The number of hydrogen-bond donors (Lipinski definition) is 1. The molecule has 0 aliphatic carbocycles. The lowest BCUT2D eigenvalue weighted by atomic mass is 10.0. The van der Waals surface area contributed by atoms with Crippen LogP contribution in [0.3, 0.4) is 0 Å². The normalized spacial score (nSPS) is 21.5. The maximum Gasteiger partial charge on any atom is 0.275 e. The van der Waals surface area contributed by atoms with Gasteiger partial charge in [-0.2, -0.15) is 0 Å². The molecule has 1 aromatic rings. The van der Waals surface area contributed by atoms with Gasteiger partial charge in [-0.3, -0.25) is 15.0 Å². The molecule has 1 N–H and O–H groups in total. The fraction of sp³-hybridized carbons (Fsp3) is 0.538. The van der Waals surface area contributed by atoms with E-state index in [1.54, 1.807) is 19.1 Å². The van der Waals surface area contributed by atoms with Crippen molar-refractivity contribution in [1.82, 2.24) is 4.90 Å². The average Bonchev–Trinajstić information content (AvgIpc) is 2.80. The van der Waals surface area contributed by atoms with Crippen molar-refractivity contribution in [2.45, 2.75) is 26.0 Å². The number of hydrogen-bond acceptors (Lipinski definition) is 4. The van der Waals surface area contributed by atoms with E-state index in [2.05, 4.69) is 4.90 Å². The number of aliphatic hydroxyl groups is 1. The van der Waals surface area contributed by atoms with Gasteiger partial charge in [-0.1, -0.05) is 11.6 Å². The maximum absolute atomic E-state index is 11.0. The van der Waals surface area contributed by atoms with Gasteiger partial charge in [-0.25, -0.2) is 0 Å². The van der Waals surface area contributed by atoms with Gasteiger partial charge >= 0.3 is 0 Å². The summed E-state index contributed by atoms with van der Waals surface area (Å²) >= 11 is 5.79. The summed E-state index contributed by atoms with van der Waals surface area (Å²) in [7, 11) is 0. The quantitative estimate of drug-likeness (QED) is 0.681. The molecule has 0 spiro atoms. The molecule has 1 aliphatic rings. The first-order valence-corrected chi connectivity index (χ1v) is 6.68. The second kappa shape index (κ2) is 5.86. The third-order valence-corrected chi connectivity index (χ3v) is 3.86. The van der Waals surface area contributed by atoms with Gasteiger partial charge in [-0.15, -0.1) is 0 Å². The molecule has 1 fully saturated rings. The summed E-state index contributed by atoms with van der Waals surface area (Å²) in [4.78, 5) is 12.7. The lowest BCUT2D eigenvalue weighted by Gasteiger charge is -2.17. The van der Waals surface area contributed by atoms with Gasteiger partial charge in [-0.05, 0) is 37.9 Å². The zero-order chi connectivity index (χ0) is 14.0. The van der Waals surface area contributed by atoms with Crippen molar-refractivity contribution >= 4 is 17.3 Å². The zero-order valence-corrected chi connectivity index (χ0v) is 11.5. The minimum atomic E-state index is -0.399. The van der Waals surface area contributed by atoms with E-state index in [9.17, 15) is 15.2 Å². The molecule has 0 amide bonds. The number of rotatable bonds is 4. The molecule has 1 heterocycles. The molecule has 2 rings (SSSR count). The second-order valence-corrected chi connectivity index (χ2v) is 5.49. The minimum absolute atomic E-state index is 0.0630. The Morgan fingerprint density at radius 2 is 2.37 bits per heavy atom. The first-order valence-electron chi connectivity index (χ1n) is 6.30. The summed E-state index contributed by atoms with van der Waals surface area (Å²) < 4.78 is 0.